The SMILES string of the molecule is C[C@H]1Cc2ccccc2N1CCCNC(=S)Nc1ccccc1F. The Morgan fingerprint density at radius 3 is 2.79 bits per heavy atom. The Labute approximate surface area is 147 Å². The summed E-state index contributed by atoms with van der Waals surface area (Å²) in [6, 6.07) is 15.6. The number of para-hydroxylation sites is 2. The van der Waals surface area contributed by atoms with Crippen LogP contribution in [0.15, 0.2) is 48.5 Å². The lowest BCUT2D eigenvalue weighted by Gasteiger charge is -2.25. The van der Waals surface area contributed by atoms with Gasteiger partial charge in [-0.3, -0.25) is 0 Å². The molecular formula is C19H22FN3S. The van der Waals surface area contributed by atoms with Gasteiger partial charge in [-0.2, -0.15) is 0 Å². The van der Waals surface area contributed by atoms with Gasteiger partial charge in [-0.1, -0.05) is 30.3 Å². The monoisotopic (exact) mass is 343 g/mol. The van der Waals surface area contributed by atoms with E-state index in [9.17, 15) is 4.39 Å². The molecule has 0 aromatic heterocycles. The highest BCUT2D eigenvalue weighted by Crippen LogP contribution is 2.31. The molecule has 24 heavy (non-hydrogen) atoms. The van der Waals surface area contributed by atoms with E-state index in [2.05, 4.69) is 46.7 Å². The minimum Gasteiger partial charge on any atom is -0.368 e. The summed E-state index contributed by atoms with van der Waals surface area (Å²) in [6.45, 7) is 4.00. The van der Waals surface area contributed by atoms with Crippen LogP contribution in [-0.2, 0) is 6.42 Å². The van der Waals surface area contributed by atoms with Gasteiger partial charge in [-0.25, -0.2) is 4.39 Å². The summed E-state index contributed by atoms with van der Waals surface area (Å²) in [5, 5.41) is 6.50. The van der Waals surface area contributed by atoms with Gasteiger partial charge in [-0.05, 0) is 55.7 Å². The predicted octanol–water partition coefficient (Wildman–Crippen LogP) is 3.95. The number of nitrogens with zero attached hydrogens (tertiary/aromatic N) is 1. The van der Waals surface area contributed by atoms with Gasteiger partial charge in [0, 0.05) is 24.8 Å². The zero-order valence-corrected chi connectivity index (χ0v) is 14.6. The molecule has 2 N–H and O–H groups in total. The standard InChI is InChI=1S/C19H22FN3S/c1-14-13-15-7-2-5-10-18(15)23(14)12-6-11-21-19(24)22-17-9-4-3-8-16(17)20/h2-5,7-10,14H,6,11-13H2,1H3,(H2,21,22,24)/t14-/m0/s1. The minimum absolute atomic E-state index is 0.302. The van der Waals surface area contributed by atoms with Gasteiger partial charge in [0.15, 0.2) is 5.11 Å². The maximum atomic E-state index is 13.6. The summed E-state index contributed by atoms with van der Waals surface area (Å²) in [5.74, 6) is -0.302. The Morgan fingerprint density at radius 1 is 1.21 bits per heavy atom. The number of hydrogen-bond acceptors (Lipinski definition) is 2. The largest absolute Gasteiger partial charge is 0.368 e. The second kappa shape index (κ2) is 7.62. The molecule has 0 aliphatic carbocycles. The van der Waals surface area contributed by atoms with Crippen molar-refractivity contribution >= 4 is 28.7 Å². The van der Waals surface area contributed by atoms with Crippen LogP contribution in [0.4, 0.5) is 15.8 Å². The summed E-state index contributed by atoms with van der Waals surface area (Å²) >= 11 is 5.23. The van der Waals surface area contributed by atoms with Crippen molar-refractivity contribution in [3.05, 3.63) is 59.9 Å². The van der Waals surface area contributed by atoms with Crippen molar-refractivity contribution in [3.63, 3.8) is 0 Å². The van der Waals surface area contributed by atoms with Crippen molar-refractivity contribution in [3.8, 4) is 0 Å². The van der Waals surface area contributed by atoms with E-state index in [4.69, 9.17) is 12.2 Å². The third-order valence-electron chi connectivity index (χ3n) is 4.33. The fourth-order valence-corrected chi connectivity index (χ4v) is 3.36. The smallest absolute Gasteiger partial charge is 0.170 e. The van der Waals surface area contributed by atoms with Crippen LogP contribution in [0.5, 0.6) is 0 Å². The van der Waals surface area contributed by atoms with Gasteiger partial charge in [0.1, 0.15) is 5.82 Å². The van der Waals surface area contributed by atoms with E-state index in [-0.39, 0.29) is 5.82 Å². The van der Waals surface area contributed by atoms with Crippen molar-refractivity contribution < 1.29 is 4.39 Å². The Morgan fingerprint density at radius 2 is 1.96 bits per heavy atom. The molecular weight excluding hydrogens is 321 g/mol. The van der Waals surface area contributed by atoms with Crippen molar-refractivity contribution in [1.29, 1.82) is 0 Å². The molecule has 0 radical (unpaired) electrons. The van der Waals surface area contributed by atoms with Crippen LogP contribution in [-0.4, -0.2) is 24.2 Å². The molecule has 5 heteroatoms. The van der Waals surface area contributed by atoms with E-state index in [1.807, 2.05) is 0 Å². The molecule has 126 valence electrons. The highest BCUT2D eigenvalue weighted by Gasteiger charge is 2.24. The van der Waals surface area contributed by atoms with Gasteiger partial charge in [0.2, 0.25) is 0 Å². The van der Waals surface area contributed by atoms with E-state index < -0.39 is 0 Å². The molecule has 3 rings (SSSR count). The summed E-state index contributed by atoms with van der Waals surface area (Å²) in [6.07, 6.45) is 2.08. The second-order valence-electron chi connectivity index (χ2n) is 6.09. The Balaban J connectivity index is 1.44. The number of hydrogen-bond donors (Lipinski definition) is 2. The van der Waals surface area contributed by atoms with Gasteiger partial charge < -0.3 is 15.5 Å². The Hall–Kier alpha value is -2.14. The number of halogens is 1. The molecule has 1 heterocycles. The van der Waals surface area contributed by atoms with Crippen LogP contribution in [0.25, 0.3) is 0 Å². The lowest BCUT2D eigenvalue weighted by Crippen LogP contribution is -2.34. The van der Waals surface area contributed by atoms with Crippen LogP contribution in [0.3, 0.4) is 0 Å². The molecule has 0 unspecified atom stereocenters. The maximum absolute atomic E-state index is 13.6. The van der Waals surface area contributed by atoms with Crippen LogP contribution in [0.2, 0.25) is 0 Å². The number of nitrogens with one attached hydrogen (secondary N) is 2. The zero-order valence-electron chi connectivity index (χ0n) is 13.8. The molecule has 1 aliphatic rings. The lowest BCUT2D eigenvalue weighted by atomic mass is 10.1. The average Bonchev–Trinajstić information content (AvgIpc) is 2.89. The van der Waals surface area contributed by atoms with Crippen LogP contribution in [0.1, 0.15) is 18.9 Å². The molecule has 1 atom stereocenters. The molecule has 0 fully saturated rings. The average molecular weight is 343 g/mol. The van der Waals surface area contributed by atoms with Crippen molar-refractivity contribution in [1.82, 2.24) is 5.32 Å². The molecule has 2 aromatic rings. The van der Waals surface area contributed by atoms with E-state index in [0.29, 0.717) is 16.8 Å². The molecule has 0 saturated carbocycles. The number of fused-ring (bicyclic) bond motifs is 1. The van der Waals surface area contributed by atoms with E-state index >= 15 is 0 Å². The Kier molecular flexibility index (Phi) is 5.30. The predicted molar refractivity (Wildman–Crippen MR) is 102 cm³/mol. The third kappa shape index (κ3) is 3.85. The first kappa shape index (κ1) is 16.7. The third-order valence-corrected chi connectivity index (χ3v) is 4.58. The van der Waals surface area contributed by atoms with Crippen LogP contribution < -0.4 is 15.5 Å². The first-order valence-electron chi connectivity index (χ1n) is 8.29. The van der Waals surface area contributed by atoms with Crippen LogP contribution in [0, 0.1) is 5.82 Å². The number of benzene rings is 2. The summed E-state index contributed by atoms with van der Waals surface area (Å²) < 4.78 is 13.6. The molecule has 0 spiro atoms. The highest BCUT2D eigenvalue weighted by atomic mass is 32.1. The fraction of sp³-hybridized carbons (Fsp3) is 0.316. The normalized spacial score (nSPS) is 15.9. The lowest BCUT2D eigenvalue weighted by molar-refractivity contribution is 0.631. The van der Waals surface area contributed by atoms with Gasteiger partial charge in [0.25, 0.3) is 0 Å². The van der Waals surface area contributed by atoms with E-state index in [1.54, 1.807) is 18.2 Å². The van der Waals surface area contributed by atoms with Gasteiger partial charge >= 0.3 is 0 Å². The molecule has 1 aliphatic heterocycles. The fourth-order valence-electron chi connectivity index (χ4n) is 3.15. The zero-order chi connectivity index (χ0) is 16.9. The number of anilines is 2. The topological polar surface area (TPSA) is 27.3 Å². The number of rotatable bonds is 5. The summed E-state index contributed by atoms with van der Waals surface area (Å²) in [7, 11) is 0. The van der Waals surface area contributed by atoms with Gasteiger partial charge in [0.05, 0.1) is 5.69 Å². The van der Waals surface area contributed by atoms with Crippen LogP contribution >= 0.6 is 12.2 Å². The summed E-state index contributed by atoms with van der Waals surface area (Å²) in [4.78, 5) is 2.45. The molecule has 0 saturated heterocycles. The van der Waals surface area contributed by atoms with Crippen molar-refractivity contribution in [2.75, 3.05) is 23.3 Å². The van der Waals surface area contributed by atoms with Gasteiger partial charge in [-0.15, -0.1) is 0 Å². The van der Waals surface area contributed by atoms with Crippen molar-refractivity contribution in [2.24, 2.45) is 0 Å². The Bertz CT molecular complexity index is 719. The first-order chi connectivity index (χ1) is 11.6. The first-order valence-corrected chi connectivity index (χ1v) is 8.70. The maximum Gasteiger partial charge on any atom is 0.170 e. The van der Waals surface area contributed by atoms with E-state index in [0.717, 1.165) is 25.9 Å². The molecule has 0 amide bonds. The molecule has 0 bridgehead atoms. The quantitative estimate of drug-likeness (QED) is 0.635. The molecule has 3 nitrogen and oxygen atoms in total. The minimum atomic E-state index is -0.302. The molecule has 2 aromatic carbocycles. The van der Waals surface area contributed by atoms with E-state index in [1.165, 1.54) is 17.3 Å². The highest BCUT2D eigenvalue weighted by molar-refractivity contribution is 7.80. The van der Waals surface area contributed by atoms with Crippen molar-refractivity contribution in [2.45, 2.75) is 25.8 Å². The second-order valence-corrected chi connectivity index (χ2v) is 6.50. The summed E-state index contributed by atoms with van der Waals surface area (Å²) in [5.41, 5.74) is 3.17. The number of thiocarbonyl (C=S) groups is 1.